The fourth-order valence-electron chi connectivity index (χ4n) is 7.04. The molecule has 1 N–H and O–H groups in total. The van der Waals surface area contributed by atoms with E-state index in [1.165, 1.54) is 39.9 Å². The summed E-state index contributed by atoms with van der Waals surface area (Å²) in [6, 6.07) is 34.1. The Morgan fingerprint density at radius 2 is 1.19 bits per heavy atom. The number of azo groups is 1. The van der Waals surface area contributed by atoms with Crippen LogP contribution in [0.15, 0.2) is 141 Å². The van der Waals surface area contributed by atoms with Crippen LogP contribution in [0.25, 0.3) is 67.1 Å². The lowest BCUT2D eigenvalue weighted by Crippen LogP contribution is -2.08. The molecule has 0 bridgehead atoms. The topological polar surface area (TPSA) is 219 Å². The van der Waals surface area contributed by atoms with Crippen LogP contribution in [0.5, 0.6) is 5.75 Å². The second kappa shape index (κ2) is 16.3. The van der Waals surface area contributed by atoms with E-state index in [2.05, 4.69) is 30.6 Å². The molecule has 1 atom stereocenters. The van der Waals surface area contributed by atoms with Crippen LogP contribution in [0, 0.1) is 6.92 Å². The Morgan fingerprint density at radius 3 is 1.89 bits per heavy atom. The van der Waals surface area contributed by atoms with Gasteiger partial charge in [-0.3, -0.25) is 12.9 Å². The Bertz CT molecular complexity index is 3610. The Hall–Kier alpha value is -7.07. The molecule has 20 heteroatoms. The van der Waals surface area contributed by atoms with Gasteiger partial charge in [-0.15, -0.1) is 20.4 Å². The maximum atomic E-state index is 13.3. The first kappa shape index (κ1) is 41.3. The van der Waals surface area contributed by atoms with E-state index < -0.39 is 31.6 Å². The summed E-state index contributed by atoms with van der Waals surface area (Å²) in [5.74, 6) is 0.237. The molecule has 17 nitrogen and oxygen atoms in total. The lowest BCUT2D eigenvalue weighted by Gasteiger charge is -2.10. The fourth-order valence-corrected chi connectivity index (χ4v) is 9.05. The van der Waals surface area contributed by atoms with E-state index in [1.807, 2.05) is 43.3 Å². The molecular weight excluding hydrogens is 869 g/mol. The number of hydrogen-bond donors (Lipinski definition) is 1. The van der Waals surface area contributed by atoms with Crippen molar-refractivity contribution in [2.45, 2.75) is 16.7 Å². The van der Waals surface area contributed by atoms with Gasteiger partial charge in [0, 0.05) is 10.8 Å². The van der Waals surface area contributed by atoms with E-state index >= 15 is 0 Å². The van der Waals surface area contributed by atoms with Crippen LogP contribution in [0.4, 0.5) is 11.4 Å². The molecule has 63 heavy (non-hydrogen) atoms. The molecule has 0 aliphatic heterocycles. The third-order valence-corrected chi connectivity index (χ3v) is 13.1. The second-order valence-corrected chi connectivity index (χ2v) is 17.9. The maximum absolute atomic E-state index is 13.3. The minimum Gasteiger partial charge on any atom is -0.380 e. The number of benzene rings is 7. The summed E-state index contributed by atoms with van der Waals surface area (Å²) < 4.78 is 87.6. The number of rotatable bonds is 12. The molecule has 316 valence electrons. The normalized spacial score (nSPS) is 13.0. The molecule has 9 rings (SSSR count). The van der Waals surface area contributed by atoms with Crippen LogP contribution in [0.2, 0.25) is 0 Å². The van der Waals surface area contributed by atoms with E-state index in [1.54, 1.807) is 66.7 Å². The molecule has 2 aromatic heterocycles. The van der Waals surface area contributed by atoms with Crippen molar-refractivity contribution < 1.29 is 38.1 Å². The SMILES string of the molecule is COS(=O)(=O)c1cc(N=Nc2ccc(-n3nc4ccc5cc(OS(=O)O)ccc5c4n3)cc2)ccc1C=Cc1ccc(-n2nc3cc(C)c4ccccc4c3n2)cc1S(=O)(=O)OC. The molecular formula is C43H32N8O9S3. The Kier molecular flexibility index (Phi) is 10.7. The minimum atomic E-state index is -4.29. The second-order valence-electron chi connectivity index (χ2n) is 13.9. The monoisotopic (exact) mass is 900 g/mol. The zero-order chi connectivity index (χ0) is 44.0. The molecule has 9 aromatic rings. The fraction of sp³-hybridized carbons (Fsp3) is 0.0698. The van der Waals surface area contributed by atoms with E-state index in [9.17, 15) is 21.0 Å². The van der Waals surface area contributed by atoms with Crippen LogP contribution in [-0.4, -0.2) is 69.8 Å². The number of fused-ring (bicyclic) bond motifs is 6. The lowest BCUT2D eigenvalue weighted by atomic mass is 10.0. The smallest absolute Gasteiger partial charge is 0.357 e. The molecule has 0 saturated heterocycles. The van der Waals surface area contributed by atoms with Crippen molar-refractivity contribution in [3.05, 3.63) is 138 Å². The molecule has 2 heterocycles. The van der Waals surface area contributed by atoms with E-state index in [0.29, 0.717) is 39.1 Å². The van der Waals surface area contributed by atoms with Gasteiger partial charge in [-0.05, 0) is 113 Å². The van der Waals surface area contributed by atoms with Gasteiger partial charge in [-0.25, -0.2) is 0 Å². The average molecular weight is 901 g/mol. The molecule has 0 amide bonds. The summed E-state index contributed by atoms with van der Waals surface area (Å²) in [7, 11) is -6.47. The first-order chi connectivity index (χ1) is 30.3. The van der Waals surface area contributed by atoms with Crippen LogP contribution < -0.4 is 4.18 Å². The van der Waals surface area contributed by atoms with Crippen molar-refractivity contribution in [2.75, 3.05) is 14.2 Å². The van der Waals surface area contributed by atoms with Gasteiger partial charge in [0.15, 0.2) is 0 Å². The first-order valence-corrected chi connectivity index (χ1v) is 22.6. The van der Waals surface area contributed by atoms with Crippen molar-refractivity contribution >= 4 is 98.7 Å². The van der Waals surface area contributed by atoms with Gasteiger partial charge >= 0.3 is 11.4 Å². The highest BCUT2D eigenvalue weighted by Crippen LogP contribution is 2.32. The lowest BCUT2D eigenvalue weighted by molar-refractivity contribution is 0.396. The maximum Gasteiger partial charge on any atom is 0.357 e. The third kappa shape index (κ3) is 8.09. The van der Waals surface area contributed by atoms with Crippen LogP contribution in [0.1, 0.15) is 16.7 Å². The molecule has 0 fully saturated rings. The molecule has 7 aromatic carbocycles. The summed E-state index contributed by atoms with van der Waals surface area (Å²) in [6.45, 7) is 1.99. The van der Waals surface area contributed by atoms with Crippen molar-refractivity contribution in [3.63, 3.8) is 0 Å². The molecule has 0 aliphatic carbocycles. The van der Waals surface area contributed by atoms with Crippen LogP contribution >= 0.6 is 0 Å². The van der Waals surface area contributed by atoms with Crippen molar-refractivity contribution in [1.82, 2.24) is 30.0 Å². The van der Waals surface area contributed by atoms with Crippen molar-refractivity contribution in [2.24, 2.45) is 10.2 Å². The highest BCUT2D eigenvalue weighted by atomic mass is 32.2. The Labute approximate surface area is 361 Å². The zero-order valence-electron chi connectivity index (χ0n) is 33.2. The standard InChI is InChI=1S/C43H32N8O9S3/c1-26-22-39-43(37-7-5-4-6-35(26)37)49-51(47-39)33-16-11-28(41(25-33)63(56,57)59-3)9-8-27-10-13-31(24-40(27)62(54,55)58-2)45-44-30-14-17-32(18-15-30)50-46-38-21-12-29-23-34(60-61(52)53)19-20-36(29)42(38)48-50/h4-25H,1-3H3,(H,52,53). The predicted molar refractivity (Wildman–Crippen MR) is 237 cm³/mol. The van der Waals surface area contributed by atoms with Crippen LogP contribution in [-0.2, 0) is 40.0 Å². The third-order valence-electron chi connectivity index (χ3n) is 10.1. The number of hydrogen-bond acceptors (Lipinski definition) is 14. The van der Waals surface area contributed by atoms with Gasteiger partial charge in [-0.1, -0.05) is 54.6 Å². The van der Waals surface area contributed by atoms with Gasteiger partial charge in [0.05, 0.1) is 37.0 Å². The van der Waals surface area contributed by atoms with Crippen molar-refractivity contribution in [1.29, 1.82) is 0 Å². The van der Waals surface area contributed by atoms with Gasteiger partial charge in [-0.2, -0.15) is 40.9 Å². The summed E-state index contributed by atoms with van der Waals surface area (Å²) >= 11 is -2.45. The highest BCUT2D eigenvalue weighted by Gasteiger charge is 2.22. The number of aryl methyl sites for hydroxylation is 1. The Balaban J connectivity index is 0.983. The molecule has 0 spiro atoms. The summed E-state index contributed by atoms with van der Waals surface area (Å²) in [4.78, 5) is 2.41. The van der Waals surface area contributed by atoms with Gasteiger partial charge in [0.2, 0.25) is 0 Å². The first-order valence-electron chi connectivity index (χ1n) is 18.7. The molecule has 0 aliphatic rings. The summed E-state index contributed by atoms with van der Waals surface area (Å²) in [5, 5.41) is 30.6. The Morgan fingerprint density at radius 1 is 0.603 bits per heavy atom. The van der Waals surface area contributed by atoms with Crippen LogP contribution in [0.3, 0.4) is 0 Å². The zero-order valence-corrected chi connectivity index (χ0v) is 35.7. The summed E-state index contributed by atoms with van der Waals surface area (Å²) in [5.41, 5.74) is 5.61. The molecule has 0 radical (unpaired) electrons. The molecule has 1 unspecified atom stereocenters. The number of nitrogens with zero attached hydrogens (tertiary/aromatic N) is 8. The average Bonchev–Trinajstić information content (AvgIpc) is 3.93. The van der Waals surface area contributed by atoms with Crippen molar-refractivity contribution in [3.8, 4) is 17.1 Å². The van der Waals surface area contributed by atoms with Gasteiger partial charge < -0.3 is 4.18 Å². The largest absolute Gasteiger partial charge is 0.380 e. The van der Waals surface area contributed by atoms with E-state index in [-0.39, 0.29) is 32.4 Å². The van der Waals surface area contributed by atoms with E-state index in [0.717, 1.165) is 41.3 Å². The van der Waals surface area contributed by atoms with Gasteiger partial charge in [0.1, 0.15) is 37.6 Å². The molecule has 0 saturated carbocycles. The minimum absolute atomic E-state index is 0.189. The number of aromatic nitrogens is 6. The highest BCUT2D eigenvalue weighted by molar-refractivity contribution is 7.87. The van der Waals surface area contributed by atoms with Gasteiger partial charge in [0.25, 0.3) is 20.2 Å². The quantitative estimate of drug-likeness (QED) is 0.0526. The summed E-state index contributed by atoms with van der Waals surface area (Å²) in [6.07, 6.45) is 2.91. The predicted octanol–water partition coefficient (Wildman–Crippen LogP) is 8.54. The van der Waals surface area contributed by atoms with E-state index in [4.69, 9.17) is 17.1 Å².